The van der Waals surface area contributed by atoms with Crippen LogP contribution in [0.25, 0.3) is 5.52 Å². The normalized spacial score (nSPS) is 19.2. The van der Waals surface area contributed by atoms with Crippen LogP contribution in [-0.2, 0) is 40.6 Å². The van der Waals surface area contributed by atoms with Crippen molar-refractivity contribution in [2.24, 2.45) is 11.1 Å². The summed E-state index contributed by atoms with van der Waals surface area (Å²) in [6.07, 6.45) is 0.904. The minimum atomic E-state index is -1.37. The van der Waals surface area contributed by atoms with E-state index in [0.717, 1.165) is 5.56 Å². The van der Waals surface area contributed by atoms with E-state index < -0.39 is 48.0 Å². The Bertz CT molecular complexity index is 1450. The number of hydrogen-bond acceptors (Lipinski definition) is 11. The van der Waals surface area contributed by atoms with E-state index in [1.165, 1.54) is 10.8 Å². The molecule has 1 aromatic carbocycles. The van der Waals surface area contributed by atoms with Crippen LogP contribution < -0.4 is 11.1 Å². The van der Waals surface area contributed by atoms with Gasteiger partial charge in [0.05, 0.1) is 17.2 Å². The van der Waals surface area contributed by atoms with Crippen LogP contribution in [0, 0.1) is 16.7 Å². The van der Waals surface area contributed by atoms with Crippen molar-refractivity contribution in [2.45, 2.75) is 57.8 Å². The van der Waals surface area contributed by atoms with Gasteiger partial charge in [0.15, 0.2) is 11.4 Å². The first-order chi connectivity index (χ1) is 19.5. The third kappa shape index (κ3) is 6.97. The molecular formula is C28H32N6O7. The van der Waals surface area contributed by atoms with Gasteiger partial charge < -0.3 is 24.7 Å². The summed E-state index contributed by atoms with van der Waals surface area (Å²) in [6.45, 7) is 4.41. The van der Waals surface area contributed by atoms with E-state index in [1.807, 2.05) is 30.3 Å². The van der Waals surface area contributed by atoms with Gasteiger partial charge in [0.1, 0.15) is 30.6 Å². The van der Waals surface area contributed by atoms with Gasteiger partial charge in [0.2, 0.25) is 6.79 Å². The van der Waals surface area contributed by atoms with E-state index in [9.17, 15) is 19.6 Å². The van der Waals surface area contributed by atoms with Gasteiger partial charge in [-0.2, -0.15) is 10.4 Å². The van der Waals surface area contributed by atoms with Crippen LogP contribution in [0.4, 0.5) is 10.6 Å². The van der Waals surface area contributed by atoms with Crippen molar-refractivity contribution in [2.75, 3.05) is 18.7 Å². The number of ether oxygens (including phenoxy) is 4. The second kappa shape index (κ2) is 12.3. The molecule has 3 atom stereocenters. The van der Waals surface area contributed by atoms with Crippen molar-refractivity contribution in [3.8, 4) is 6.07 Å². The highest BCUT2D eigenvalue weighted by Gasteiger charge is 2.45. The zero-order valence-corrected chi connectivity index (χ0v) is 23.0. The van der Waals surface area contributed by atoms with Crippen LogP contribution in [0.3, 0.4) is 0 Å². The summed E-state index contributed by atoms with van der Waals surface area (Å²) in [4.78, 5) is 40.6. The standard InChI is InChI=1S/C28H32N6O7/c1-27(2,3)25(36)39-17-40-26(37)33-23-21-9-10-22(34(21)32-16-31-23)28(15-29)12-11-19(41-28)14-38-24(35)20(30)13-18-7-5-4-6-8-18/h4-10,16,19-20H,11-14,17,30H2,1-3H3,(H,31,32,33,37)/t19-,20-,28-/m0/s1. The first kappa shape index (κ1) is 29.4. The average molecular weight is 565 g/mol. The van der Waals surface area contributed by atoms with Crippen LogP contribution in [0.15, 0.2) is 48.8 Å². The molecule has 3 aromatic rings. The number of nitrogens with two attached hydrogens (primary N) is 1. The lowest BCUT2D eigenvalue weighted by atomic mass is 9.98. The molecule has 1 aliphatic heterocycles. The zero-order valence-electron chi connectivity index (χ0n) is 23.0. The van der Waals surface area contributed by atoms with Crippen molar-refractivity contribution >= 4 is 29.4 Å². The molecule has 41 heavy (non-hydrogen) atoms. The lowest BCUT2D eigenvalue weighted by Gasteiger charge is -2.22. The van der Waals surface area contributed by atoms with Gasteiger partial charge in [-0.1, -0.05) is 30.3 Å². The number of anilines is 1. The molecule has 13 heteroatoms. The molecule has 3 N–H and O–H groups in total. The molecular weight excluding hydrogens is 532 g/mol. The monoisotopic (exact) mass is 564 g/mol. The third-order valence-electron chi connectivity index (χ3n) is 6.46. The topological polar surface area (TPSA) is 180 Å². The first-order valence-corrected chi connectivity index (χ1v) is 13.0. The number of aromatic nitrogens is 3. The van der Waals surface area contributed by atoms with Crippen LogP contribution in [-0.4, -0.2) is 58.2 Å². The van der Waals surface area contributed by atoms with Crippen LogP contribution in [0.5, 0.6) is 0 Å². The molecule has 0 radical (unpaired) electrons. The molecule has 3 heterocycles. The average Bonchev–Trinajstić information content (AvgIpc) is 3.57. The Morgan fingerprint density at radius 2 is 1.95 bits per heavy atom. The molecule has 1 fully saturated rings. The number of benzene rings is 1. The number of fused-ring (bicyclic) bond motifs is 1. The highest BCUT2D eigenvalue weighted by molar-refractivity contribution is 5.88. The van der Waals surface area contributed by atoms with Gasteiger partial charge in [-0.05, 0) is 57.7 Å². The van der Waals surface area contributed by atoms with Gasteiger partial charge in [0.25, 0.3) is 0 Å². The quantitative estimate of drug-likeness (QED) is 0.288. The molecule has 0 spiro atoms. The number of carbonyl (C=O) groups is 3. The fourth-order valence-electron chi connectivity index (χ4n) is 4.27. The second-order valence-electron chi connectivity index (χ2n) is 10.6. The summed E-state index contributed by atoms with van der Waals surface area (Å²) in [5.41, 5.74) is 5.62. The van der Waals surface area contributed by atoms with Crippen molar-refractivity contribution in [3.05, 3.63) is 60.0 Å². The van der Waals surface area contributed by atoms with Crippen LogP contribution >= 0.6 is 0 Å². The summed E-state index contributed by atoms with van der Waals surface area (Å²) >= 11 is 0. The molecule has 2 aromatic heterocycles. The number of hydrogen-bond donors (Lipinski definition) is 2. The maximum atomic E-state index is 12.4. The van der Waals surface area contributed by atoms with E-state index in [1.54, 1.807) is 32.9 Å². The fourth-order valence-corrected chi connectivity index (χ4v) is 4.27. The highest BCUT2D eigenvalue weighted by atomic mass is 16.7. The molecule has 1 saturated heterocycles. The number of esters is 2. The summed E-state index contributed by atoms with van der Waals surface area (Å²) in [5.74, 6) is -0.960. The van der Waals surface area contributed by atoms with Crippen LogP contribution in [0.2, 0.25) is 0 Å². The van der Waals surface area contributed by atoms with Gasteiger partial charge in [-0.15, -0.1) is 0 Å². The number of carbonyl (C=O) groups excluding carboxylic acids is 3. The van der Waals surface area contributed by atoms with Crippen LogP contribution in [0.1, 0.15) is 44.9 Å². The molecule has 4 rings (SSSR count). The molecule has 1 aliphatic rings. The zero-order chi connectivity index (χ0) is 29.6. The summed E-state index contributed by atoms with van der Waals surface area (Å²) in [7, 11) is 0. The maximum absolute atomic E-state index is 12.4. The Labute approximate surface area is 236 Å². The Kier molecular flexibility index (Phi) is 8.85. The molecule has 1 amide bonds. The summed E-state index contributed by atoms with van der Waals surface area (Å²) < 4.78 is 22.8. The summed E-state index contributed by atoms with van der Waals surface area (Å²) in [6, 6.07) is 14.1. The Hall–Kier alpha value is -4.54. The van der Waals surface area contributed by atoms with E-state index in [2.05, 4.69) is 21.5 Å². The second-order valence-corrected chi connectivity index (χ2v) is 10.6. The largest absolute Gasteiger partial charge is 0.462 e. The van der Waals surface area contributed by atoms with E-state index in [4.69, 9.17) is 24.7 Å². The van der Waals surface area contributed by atoms with Crippen molar-refractivity contribution in [1.29, 1.82) is 5.26 Å². The number of nitrogens with zero attached hydrogens (tertiary/aromatic N) is 4. The minimum Gasteiger partial charge on any atom is -0.462 e. The Morgan fingerprint density at radius 3 is 2.66 bits per heavy atom. The van der Waals surface area contributed by atoms with E-state index in [-0.39, 0.29) is 12.4 Å². The predicted octanol–water partition coefficient (Wildman–Crippen LogP) is 2.84. The highest BCUT2D eigenvalue weighted by Crippen LogP contribution is 2.40. The van der Waals surface area contributed by atoms with E-state index in [0.29, 0.717) is 30.5 Å². The number of rotatable bonds is 9. The van der Waals surface area contributed by atoms with Crippen molar-refractivity contribution in [3.63, 3.8) is 0 Å². The van der Waals surface area contributed by atoms with Gasteiger partial charge in [-0.25, -0.2) is 14.3 Å². The molecule has 216 valence electrons. The SMILES string of the molecule is CC(C)(C)C(=O)OCOC(=O)Nc1ncnn2c([C@@]3(C#N)CC[C@@H](COC(=O)[C@@H](N)Cc4ccccc4)O3)ccc12. The maximum Gasteiger partial charge on any atom is 0.415 e. The van der Waals surface area contributed by atoms with Crippen molar-refractivity contribution < 1.29 is 33.3 Å². The van der Waals surface area contributed by atoms with Gasteiger partial charge in [0, 0.05) is 0 Å². The van der Waals surface area contributed by atoms with E-state index >= 15 is 0 Å². The molecule has 13 nitrogen and oxygen atoms in total. The Morgan fingerprint density at radius 1 is 1.20 bits per heavy atom. The summed E-state index contributed by atoms with van der Waals surface area (Å²) in [5, 5.41) is 16.8. The number of amides is 1. The predicted molar refractivity (Wildman–Crippen MR) is 144 cm³/mol. The lowest BCUT2D eigenvalue weighted by molar-refractivity contribution is -0.161. The van der Waals surface area contributed by atoms with Gasteiger partial charge in [-0.3, -0.25) is 14.9 Å². The van der Waals surface area contributed by atoms with Crippen molar-refractivity contribution in [1.82, 2.24) is 14.6 Å². The number of nitriles is 1. The first-order valence-electron chi connectivity index (χ1n) is 13.0. The smallest absolute Gasteiger partial charge is 0.415 e. The lowest BCUT2D eigenvalue weighted by Crippen LogP contribution is -2.36. The molecule has 0 unspecified atom stereocenters. The Balaban J connectivity index is 1.37. The third-order valence-corrected chi connectivity index (χ3v) is 6.46. The van der Waals surface area contributed by atoms with Gasteiger partial charge >= 0.3 is 18.0 Å². The number of nitrogens with one attached hydrogen (secondary N) is 1. The molecule has 0 aliphatic carbocycles. The molecule has 0 saturated carbocycles. The fraction of sp³-hybridized carbons (Fsp3) is 0.429. The molecule has 0 bridgehead atoms. The minimum absolute atomic E-state index is 0.0541.